The molecule has 1 N–H and O–H groups in total. The zero-order valence-electron chi connectivity index (χ0n) is 11.1. The monoisotopic (exact) mass is 261 g/mol. The van der Waals surface area contributed by atoms with Crippen LogP contribution in [0.4, 0.5) is 0 Å². The molecule has 1 saturated heterocycles. The molecule has 2 atom stereocenters. The van der Waals surface area contributed by atoms with Crippen molar-refractivity contribution in [3.05, 3.63) is 36.1 Å². The van der Waals surface area contributed by atoms with E-state index in [0.717, 1.165) is 30.5 Å². The molecule has 0 amide bonds. The highest BCUT2D eigenvalue weighted by atomic mass is 16.5. The number of hydrogen-bond donors (Lipinski definition) is 1. The average molecular weight is 261 g/mol. The van der Waals surface area contributed by atoms with Crippen LogP contribution in [-0.2, 0) is 4.74 Å². The van der Waals surface area contributed by atoms with Gasteiger partial charge in [0.1, 0.15) is 17.4 Å². The molecule has 0 bridgehead atoms. The molecule has 1 aliphatic rings. The van der Waals surface area contributed by atoms with E-state index in [2.05, 4.69) is 4.90 Å². The van der Waals surface area contributed by atoms with Crippen molar-refractivity contribution in [3.63, 3.8) is 0 Å². The van der Waals surface area contributed by atoms with Crippen LogP contribution in [-0.4, -0.2) is 42.9 Å². The van der Waals surface area contributed by atoms with Crippen molar-refractivity contribution in [1.29, 1.82) is 0 Å². The van der Waals surface area contributed by atoms with E-state index >= 15 is 0 Å². The van der Waals surface area contributed by atoms with E-state index in [4.69, 9.17) is 9.15 Å². The molecule has 4 nitrogen and oxygen atoms in total. The van der Waals surface area contributed by atoms with E-state index in [1.54, 1.807) is 7.11 Å². The third-order valence-electron chi connectivity index (χ3n) is 3.77. The average Bonchev–Trinajstić information content (AvgIpc) is 3.04. The maximum Gasteiger partial charge on any atom is 0.135 e. The molecule has 0 saturated carbocycles. The van der Waals surface area contributed by atoms with Crippen LogP contribution in [0.5, 0.6) is 0 Å². The van der Waals surface area contributed by atoms with Gasteiger partial charge < -0.3 is 14.3 Å². The lowest BCUT2D eigenvalue weighted by atomic mass is 10.2. The number of methoxy groups -OCH3 is 1. The molecule has 3 rings (SSSR count). The Balaban J connectivity index is 1.68. The number of aliphatic hydroxyl groups excluding tert-OH is 1. The number of hydrogen-bond acceptors (Lipinski definition) is 4. The third-order valence-corrected chi connectivity index (χ3v) is 3.77. The number of ether oxygens (including phenoxy) is 1. The second kappa shape index (κ2) is 5.33. The fraction of sp³-hybridized carbons (Fsp3) is 0.467. The van der Waals surface area contributed by atoms with Gasteiger partial charge in [-0.25, -0.2) is 0 Å². The van der Waals surface area contributed by atoms with Crippen LogP contribution in [0, 0.1) is 0 Å². The van der Waals surface area contributed by atoms with Gasteiger partial charge in [0.15, 0.2) is 0 Å². The fourth-order valence-electron chi connectivity index (χ4n) is 2.66. The van der Waals surface area contributed by atoms with Crippen molar-refractivity contribution < 1.29 is 14.3 Å². The number of nitrogens with zero attached hydrogens (tertiary/aromatic N) is 1. The first kappa shape index (κ1) is 12.7. The van der Waals surface area contributed by atoms with E-state index in [1.165, 1.54) is 0 Å². The first-order valence-corrected chi connectivity index (χ1v) is 6.68. The summed E-state index contributed by atoms with van der Waals surface area (Å²) in [6.07, 6.45) is 0.745. The Labute approximate surface area is 112 Å². The Morgan fingerprint density at radius 3 is 3.05 bits per heavy atom. The van der Waals surface area contributed by atoms with Gasteiger partial charge in [0.2, 0.25) is 0 Å². The Morgan fingerprint density at radius 1 is 1.47 bits per heavy atom. The molecular formula is C15H19NO3. The smallest absolute Gasteiger partial charge is 0.135 e. The van der Waals surface area contributed by atoms with Crippen LogP contribution in [0.3, 0.4) is 0 Å². The highest BCUT2D eigenvalue weighted by Gasteiger charge is 2.25. The normalized spacial score (nSPS) is 22.1. The van der Waals surface area contributed by atoms with Gasteiger partial charge in [-0.2, -0.15) is 0 Å². The number of fused-ring (bicyclic) bond motifs is 1. The largest absolute Gasteiger partial charge is 0.458 e. The molecule has 1 fully saturated rings. The summed E-state index contributed by atoms with van der Waals surface area (Å²) in [6, 6.07) is 9.74. The van der Waals surface area contributed by atoms with Crippen LogP contribution >= 0.6 is 0 Å². The minimum absolute atomic E-state index is 0.294. The molecule has 19 heavy (non-hydrogen) atoms. The predicted molar refractivity (Wildman–Crippen MR) is 73.0 cm³/mol. The van der Waals surface area contributed by atoms with Crippen LogP contribution in [0.2, 0.25) is 0 Å². The first-order chi connectivity index (χ1) is 9.26. The molecule has 1 aromatic heterocycles. The summed E-state index contributed by atoms with van der Waals surface area (Å²) >= 11 is 0. The van der Waals surface area contributed by atoms with Crippen molar-refractivity contribution in [2.45, 2.75) is 18.6 Å². The first-order valence-electron chi connectivity index (χ1n) is 6.68. The highest BCUT2D eigenvalue weighted by molar-refractivity contribution is 5.77. The van der Waals surface area contributed by atoms with Gasteiger partial charge in [-0.1, -0.05) is 18.2 Å². The van der Waals surface area contributed by atoms with E-state index in [0.29, 0.717) is 18.4 Å². The predicted octanol–water partition coefficient (Wildman–Crippen LogP) is 2.19. The molecule has 1 aliphatic heterocycles. The van der Waals surface area contributed by atoms with Crippen molar-refractivity contribution in [2.24, 2.45) is 0 Å². The maximum atomic E-state index is 10.3. The standard InChI is InChI=1S/C15H19NO3/c1-18-12-6-7-16(9-12)10-13(17)15-8-11-4-2-3-5-14(11)19-15/h2-5,8,12-13,17H,6-7,9-10H2,1H3. The van der Waals surface area contributed by atoms with Gasteiger partial charge >= 0.3 is 0 Å². The Morgan fingerprint density at radius 2 is 2.32 bits per heavy atom. The lowest BCUT2D eigenvalue weighted by Gasteiger charge is -2.18. The van der Waals surface area contributed by atoms with Gasteiger partial charge in [-0.15, -0.1) is 0 Å². The number of likely N-dealkylation sites (tertiary alicyclic amines) is 1. The van der Waals surface area contributed by atoms with E-state index in [-0.39, 0.29) is 0 Å². The van der Waals surface area contributed by atoms with Crippen molar-refractivity contribution in [3.8, 4) is 0 Å². The number of benzene rings is 1. The second-order valence-electron chi connectivity index (χ2n) is 5.11. The number of β-amino-alcohol motifs (C(OH)–C–C–N with tert-alkyl or cyclic N) is 1. The van der Waals surface area contributed by atoms with Crippen molar-refractivity contribution >= 4 is 11.0 Å². The second-order valence-corrected chi connectivity index (χ2v) is 5.11. The fourth-order valence-corrected chi connectivity index (χ4v) is 2.66. The Kier molecular flexibility index (Phi) is 3.55. The Hall–Kier alpha value is -1.36. The van der Waals surface area contributed by atoms with Crippen LogP contribution in [0.25, 0.3) is 11.0 Å². The third kappa shape index (κ3) is 2.66. The molecule has 4 heteroatoms. The lowest BCUT2D eigenvalue weighted by molar-refractivity contribution is 0.0822. The van der Waals surface area contributed by atoms with E-state index < -0.39 is 6.10 Å². The summed E-state index contributed by atoms with van der Waals surface area (Å²) in [5, 5.41) is 11.3. The van der Waals surface area contributed by atoms with Gasteiger partial charge in [-0.05, 0) is 18.6 Å². The summed E-state index contributed by atoms with van der Waals surface area (Å²) in [6.45, 7) is 2.45. The quantitative estimate of drug-likeness (QED) is 0.916. The van der Waals surface area contributed by atoms with Crippen LogP contribution in [0.1, 0.15) is 18.3 Å². The molecule has 1 aromatic carbocycles. The van der Waals surface area contributed by atoms with Gasteiger partial charge in [0.25, 0.3) is 0 Å². The summed E-state index contributed by atoms with van der Waals surface area (Å²) in [4.78, 5) is 2.21. The van der Waals surface area contributed by atoms with Crippen LogP contribution < -0.4 is 0 Å². The SMILES string of the molecule is COC1CCN(CC(O)c2cc3ccccc3o2)C1. The molecule has 2 unspecified atom stereocenters. The van der Waals surface area contributed by atoms with Crippen molar-refractivity contribution in [1.82, 2.24) is 4.90 Å². The molecule has 2 heterocycles. The number of rotatable bonds is 4. The molecule has 102 valence electrons. The minimum Gasteiger partial charge on any atom is -0.458 e. The maximum absolute atomic E-state index is 10.3. The minimum atomic E-state index is -0.581. The van der Waals surface area contributed by atoms with E-state index in [9.17, 15) is 5.11 Å². The number of aliphatic hydroxyl groups is 1. The zero-order valence-corrected chi connectivity index (χ0v) is 11.1. The zero-order chi connectivity index (χ0) is 13.2. The number of furan rings is 1. The molecular weight excluding hydrogens is 242 g/mol. The summed E-state index contributed by atoms with van der Waals surface area (Å²) in [5.74, 6) is 0.641. The summed E-state index contributed by atoms with van der Waals surface area (Å²) in [7, 11) is 1.74. The highest BCUT2D eigenvalue weighted by Crippen LogP contribution is 2.25. The van der Waals surface area contributed by atoms with E-state index in [1.807, 2.05) is 30.3 Å². The number of para-hydroxylation sites is 1. The molecule has 0 spiro atoms. The Bertz CT molecular complexity index is 518. The molecule has 0 radical (unpaired) electrons. The lowest BCUT2D eigenvalue weighted by Crippen LogP contribution is -2.27. The summed E-state index contributed by atoms with van der Waals surface area (Å²) in [5.41, 5.74) is 0.827. The van der Waals surface area contributed by atoms with Gasteiger partial charge in [0, 0.05) is 32.1 Å². The molecule has 2 aromatic rings. The van der Waals surface area contributed by atoms with Crippen LogP contribution in [0.15, 0.2) is 34.7 Å². The van der Waals surface area contributed by atoms with Crippen molar-refractivity contribution in [2.75, 3.05) is 26.7 Å². The van der Waals surface area contributed by atoms with Gasteiger partial charge in [0.05, 0.1) is 6.10 Å². The molecule has 0 aliphatic carbocycles. The summed E-state index contributed by atoms with van der Waals surface area (Å²) < 4.78 is 11.0. The van der Waals surface area contributed by atoms with Gasteiger partial charge in [-0.3, -0.25) is 4.90 Å². The topological polar surface area (TPSA) is 45.8 Å².